The molecule has 4 rings (SSSR count). The van der Waals surface area contributed by atoms with Crippen molar-refractivity contribution in [3.05, 3.63) is 48.0 Å². The van der Waals surface area contributed by atoms with Crippen LogP contribution in [-0.4, -0.2) is 44.3 Å². The molecule has 6 nitrogen and oxygen atoms in total. The van der Waals surface area contributed by atoms with Crippen LogP contribution in [0.5, 0.6) is 5.75 Å². The molecule has 1 amide bonds. The summed E-state index contributed by atoms with van der Waals surface area (Å²) in [7, 11) is 1.56. The highest BCUT2D eigenvalue weighted by Crippen LogP contribution is 2.31. The lowest BCUT2D eigenvalue weighted by Crippen LogP contribution is -2.36. The minimum Gasteiger partial charge on any atom is -0.496 e. The lowest BCUT2D eigenvalue weighted by Gasteiger charge is -2.25. The fourth-order valence-corrected chi connectivity index (χ4v) is 3.97. The van der Waals surface area contributed by atoms with Crippen LogP contribution >= 0.6 is 11.3 Å². The second-order valence-corrected chi connectivity index (χ2v) is 6.94. The van der Waals surface area contributed by atoms with Crippen LogP contribution in [0.25, 0.3) is 10.2 Å². The Hall–Kier alpha value is -2.64. The predicted molar refractivity (Wildman–Crippen MR) is 104 cm³/mol. The zero-order valence-electron chi connectivity index (χ0n) is 14.4. The first-order valence-electron chi connectivity index (χ1n) is 8.42. The van der Waals surface area contributed by atoms with Crippen LogP contribution in [0, 0.1) is 0 Å². The fourth-order valence-electron chi connectivity index (χ4n) is 2.91. The zero-order valence-corrected chi connectivity index (χ0v) is 15.2. The van der Waals surface area contributed by atoms with Gasteiger partial charge in [-0.15, -0.1) is 0 Å². The topological polar surface area (TPSA) is 63.7 Å². The van der Waals surface area contributed by atoms with Crippen molar-refractivity contribution >= 4 is 38.3 Å². The first-order valence-corrected chi connectivity index (χ1v) is 9.24. The molecule has 3 aromatic rings. The highest BCUT2D eigenvalue weighted by molar-refractivity contribution is 7.22. The van der Waals surface area contributed by atoms with Gasteiger partial charge >= 0.3 is 0 Å². The molecule has 1 aromatic heterocycles. The van der Waals surface area contributed by atoms with Gasteiger partial charge in [-0.25, -0.2) is 4.98 Å². The minimum absolute atomic E-state index is 0.195. The van der Waals surface area contributed by atoms with E-state index in [-0.39, 0.29) is 5.91 Å². The summed E-state index contributed by atoms with van der Waals surface area (Å²) >= 11 is 1.63. The van der Waals surface area contributed by atoms with E-state index in [1.54, 1.807) is 30.6 Å². The summed E-state index contributed by atoms with van der Waals surface area (Å²) in [6.45, 7) is 3.18. The standard InChI is InChI=1S/C19H19N3O3S/c1-24-16-5-3-2-4-14(16)18(23)20-13-6-7-15-17(12-13)26-19(21-15)22-8-10-25-11-9-22/h2-7,12H,8-11H2,1H3,(H,20,23). The number of hydrogen-bond acceptors (Lipinski definition) is 6. The number of morpholine rings is 1. The van der Waals surface area contributed by atoms with Crippen molar-refractivity contribution in [2.24, 2.45) is 0 Å². The van der Waals surface area contributed by atoms with E-state index in [2.05, 4.69) is 10.2 Å². The molecule has 26 heavy (non-hydrogen) atoms. The van der Waals surface area contributed by atoms with Crippen molar-refractivity contribution in [2.75, 3.05) is 43.6 Å². The molecule has 1 fully saturated rings. The molecule has 0 radical (unpaired) electrons. The van der Waals surface area contributed by atoms with Gasteiger partial charge in [0.05, 0.1) is 36.1 Å². The maximum absolute atomic E-state index is 12.6. The predicted octanol–water partition coefficient (Wildman–Crippen LogP) is 3.39. The number of nitrogens with one attached hydrogen (secondary N) is 1. The first kappa shape index (κ1) is 16.8. The number of hydrogen-bond donors (Lipinski definition) is 1. The normalized spacial score (nSPS) is 14.4. The number of carbonyl (C=O) groups excluding carboxylic acids is 1. The van der Waals surface area contributed by atoms with E-state index in [1.165, 1.54) is 0 Å². The molecule has 0 saturated carbocycles. The number of para-hydroxylation sites is 1. The van der Waals surface area contributed by atoms with Crippen molar-refractivity contribution in [3.63, 3.8) is 0 Å². The van der Waals surface area contributed by atoms with Crippen LogP contribution in [0.2, 0.25) is 0 Å². The number of carbonyl (C=O) groups is 1. The number of amides is 1. The van der Waals surface area contributed by atoms with Crippen LogP contribution in [0.1, 0.15) is 10.4 Å². The van der Waals surface area contributed by atoms with E-state index >= 15 is 0 Å². The zero-order chi connectivity index (χ0) is 17.9. The lowest BCUT2D eigenvalue weighted by atomic mass is 10.2. The Morgan fingerprint density at radius 1 is 1.23 bits per heavy atom. The van der Waals surface area contributed by atoms with Gasteiger partial charge in [-0.1, -0.05) is 23.5 Å². The van der Waals surface area contributed by atoms with Crippen LogP contribution in [0.4, 0.5) is 10.8 Å². The van der Waals surface area contributed by atoms with Gasteiger partial charge in [0.15, 0.2) is 5.13 Å². The second-order valence-electron chi connectivity index (χ2n) is 5.93. The van der Waals surface area contributed by atoms with E-state index < -0.39 is 0 Å². The largest absolute Gasteiger partial charge is 0.496 e. The third kappa shape index (κ3) is 3.36. The van der Waals surface area contributed by atoms with Gasteiger partial charge in [0, 0.05) is 18.8 Å². The lowest BCUT2D eigenvalue weighted by molar-refractivity contribution is 0.102. The average molecular weight is 369 g/mol. The fraction of sp³-hybridized carbons (Fsp3) is 0.263. The van der Waals surface area contributed by atoms with E-state index in [0.717, 1.165) is 47.3 Å². The number of ether oxygens (including phenoxy) is 2. The Labute approximate surface area is 155 Å². The molecule has 0 spiro atoms. The van der Waals surface area contributed by atoms with Crippen molar-refractivity contribution in [1.29, 1.82) is 0 Å². The van der Waals surface area contributed by atoms with Crippen molar-refractivity contribution in [3.8, 4) is 5.75 Å². The number of methoxy groups -OCH3 is 1. The highest BCUT2D eigenvalue weighted by Gasteiger charge is 2.16. The molecule has 0 unspecified atom stereocenters. The van der Waals surface area contributed by atoms with Gasteiger partial charge in [-0.05, 0) is 30.3 Å². The van der Waals surface area contributed by atoms with Crippen molar-refractivity contribution in [1.82, 2.24) is 4.98 Å². The van der Waals surface area contributed by atoms with Crippen LogP contribution in [0.3, 0.4) is 0 Å². The SMILES string of the molecule is COc1ccccc1C(=O)Nc1ccc2nc(N3CCOCC3)sc2c1. The molecule has 1 saturated heterocycles. The van der Waals surface area contributed by atoms with Gasteiger partial charge in [0.2, 0.25) is 0 Å². The molecule has 134 valence electrons. The third-order valence-corrected chi connectivity index (χ3v) is 5.35. The molecule has 2 heterocycles. The van der Waals surface area contributed by atoms with E-state index in [4.69, 9.17) is 14.5 Å². The summed E-state index contributed by atoms with van der Waals surface area (Å²) in [6.07, 6.45) is 0. The van der Waals surface area contributed by atoms with E-state index in [9.17, 15) is 4.79 Å². The summed E-state index contributed by atoms with van der Waals surface area (Å²) in [6, 6.07) is 13.0. The maximum Gasteiger partial charge on any atom is 0.259 e. The summed E-state index contributed by atoms with van der Waals surface area (Å²) in [5.41, 5.74) is 2.19. The molecule has 1 aliphatic heterocycles. The van der Waals surface area contributed by atoms with Crippen molar-refractivity contribution in [2.45, 2.75) is 0 Å². The molecular weight excluding hydrogens is 350 g/mol. The summed E-state index contributed by atoms with van der Waals surface area (Å²) in [5.74, 6) is 0.359. The minimum atomic E-state index is -0.195. The van der Waals surface area contributed by atoms with Crippen LogP contribution in [-0.2, 0) is 4.74 Å². The smallest absolute Gasteiger partial charge is 0.259 e. The Morgan fingerprint density at radius 2 is 2.04 bits per heavy atom. The van der Waals surface area contributed by atoms with Gasteiger partial charge < -0.3 is 19.7 Å². The Balaban J connectivity index is 1.56. The highest BCUT2D eigenvalue weighted by atomic mass is 32.1. The van der Waals surface area contributed by atoms with Gasteiger partial charge in [-0.3, -0.25) is 4.79 Å². The quantitative estimate of drug-likeness (QED) is 0.764. The number of anilines is 2. The summed E-state index contributed by atoms with van der Waals surface area (Å²) in [4.78, 5) is 19.5. The Kier molecular flexibility index (Phi) is 4.73. The number of nitrogens with zero attached hydrogens (tertiary/aromatic N) is 2. The second kappa shape index (κ2) is 7.31. The average Bonchev–Trinajstić information content (AvgIpc) is 3.12. The van der Waals surface area contributed by atoms with E-state index in [0.29, 0.717) is 11.3 Å². The molecule has 0 bridgehead atoms. The van der Waals surface area contributed by atoms with E-state index in [1.807, 2.05) is 30.3 Å². The number of thiazole rings is 1. The number of fused-ring (bicyclic) bond motifs is 1. The number of aromatic nitrogens is 1. The Bertz CT molecular complexity index is 935. The number of rotatable bonds is 4. The molecule has 2 aromatic carbocycles. The number of benzene rings is 2. The third-order valence-electron chi connectivity index (χ3n) is 4.27. The maximum atomic E-state index is 12.6. The molecule has 0 aliphatic carbocycles. The van der Waals surface area contributed by atoms with Gasteiger partial charge in [-0.2, -0.15) is 0 Å². The Morgan fingerprint density at radius 3 is 2.85 bits per heavy atom. The van der Waals surface area contributed by atoms with Gasteiger partial charge in [0.25, 0.3) is 5.91 Å². The van der Waals surface area contributed by atoms with Gasteiger partial charge in [0.1, 0.15) is 5.75 Å². The molecule has 7 heteroatoms. The summed E-state index contributed by atoms with van der Waals surface area (Å²) < 4.78 is 11.7. The van der Waals surface area contributed by atoms with Crippen LogP contribution in [0.15, 0.2) is 42.5 Å². The van der Waals surface area contributed by atoms with Crippen molar-refractivity contribution < 1.29 is 14.3 Å². The summed E-state index contributed by atoms with van der Waals surface area (Å²) in [5, 5.41) is 3.94. The van der Waals surface area contributed by atoms with Crippen LogP contribution < -0.4 is 15.0 Å². The molecule has 1 N–H and O–H groups in total. The molecular formula is C19H19N3O3S. The molecule has 0 atom stereocenters. The monoisotopic (exact) mass is 369 g/mol. The first-order chi connectivity index (χ1) is 12.7. The molecule has 1 aliphatic rings.